The van der Waals surface area contributed by atoms with Crippen LogP contribution < -0.4 is 0 Å². The van der Waals surface area contributed by atoms with Gasteiger partial charge in [-0.05, 0) is 43.6 Å². The Bertz CT molecular complexity index is 499. The molecular weight excluding hydrogens is 266 g/mol. The Hall–Kier alpha value is -1.36. The largest absolute Gasteiger partial charge is 0.480 e. The van der Waals surface area contributed by atoms with Gasteiger partial charge in [-0.2, -0.15) is 5.10 Å². The first-order valence-electron chi connectivity index (χ1n) is 8.11. The highest BCUT2D eigenvalue weighted by atomic mass is 16.4. The standard InChI is InChI=1S/C16H25N3O2/c1-18-11-12(10-17-18)8-9-19-14-5-3-2-4-13(14)6-7-15(19)16(20)21/h10-11,13-15H,2-9H2,1H3,(H,20,21). The zero-order chi connectivity index (χ0) is 14.8. The number of aliphatic carboxylic acids is 1. The average molecular weight is 291 g/mol. The zero-order valence-electron chi connectivity index (χ0n) is 12.7. The summed E-state index contributed by atoms with van der Waals surface area (Å²) < 4.78 is 1.81. The molecule has 3 atom stereocenters. The van der Waals surface area contributed by atoms with Gasteiger partial charge in [-0.3, -0.25) is 14.4 Å². The van der Waals surface area contributed by atoms with Gasteiger partial charge >= 0.3 is 5.97 Å². The molecule has 1 saturated carbocycles. The fourth-order valence-corrected chi connectivity index (χ4v) is 4.18. The molecule has 1 saturated heterocycles. The van der Waals surface area contributed by atoms with Crippen LogP contribution in [0.5, 0.6) is 0 Å². The van der Waals surface area contributed by atoms with Crippen molar-refractivity contribution in [1.29, 1.82) is 0 Å². The number of rotatable bonds is 4. The minimum atomic E-state index is -0.648. The lowest BCUT2D eigenvalue weighted by molar-refractivity contribution is -0.148. The number of fused-ring (bicyclic) bond motifs is 1. The topological polar surface area (TPSA) is 58.4 Å². The van der Waals surface area contributed by atoms with E-state index in [9.17, 15) is 9.90 Å². The maximum absolute atomic E-state index is 11.6. The van der Waals surface area contributed by atoms with E-state index in [1.807, 2.05) is 24.1 Å². The van der Waals surface area contributed by atoms with Gasteiger partial charge in [0.2, 0.25) is 0 Å². The molecule has 1 aromatic rings. The third-order valence-electron chi connectivity index (χ3n) is 5.21. The number of carboxylic acid groups (broad SMARTS) is 1. The van der Waals surface area contributed by atoms with E-state index in [4.69, 9.17) is 0 Å². The molecule has 2 fully saturated rings. The van der Waals surface area contributed by atoms with Crippen LogP contribution in [0.4, 0.5) is 0 Å². The number of hydrogen-bond acceptors (Lipinski definition) is 3. The molecule has 0 aromatic carbocycles. The van der Waals surface area contributed by atoms with Crippen LogP contribution in [0.15, 0.2) is 12.4 Å². The van der Waals surface area contributed by atoms with Crippen LogP contribution in [-0.4, -0.2) is 44.4 Å². The van der Waals surface area contributed by atoms with E-state index in [1.165, 1.54) is 31.2 Å². The van der Waals surface area contributed by atoms with Crippen LogP contribution >= 0.6 is 0 Å². The lowest BCUT2D eigenvalue weighted by atomic mass is 9.76. The van der Waals surface area contributed by atoms with Crippen molar-refractivity contribution >= 4 is 5.97 Å². The molecule has 116 valence electrons. The summed E-state index contributed by atoms with van der Waals surface area (Å²) in [5.41, 5.74) is 1.19. The normalized spacial score (nSPS) is 30.0. The van der Waals surface area contributed by atoms with Crippen molar-refractivity contribution in [3.05, 3.63) is 18.0 Å². The highest BCUT2D eigenvalue weighted by Gasteiger charge is 2.40. The number of nitrogens with zero attached hydrogens (tertiary/aromatic N) is 3. The van der Waals surface area contributed by atoms with Crippen LogP contribution in [0, 0.1) is 5.92 Å². The molecule has 5 nitrogen and oxygen atoms in total. The highest BCUT2D eigenvalue weighted by molar-refractivity contribution is 5.73. The quantitative estimate of drug-likeness (QED) is 0.922. The van der Waals surface area contributed by atoms with Crippen molar-refractivity contribution < 1.29 is 9.90 Å². The monoisotopic (exact) mass is 291 g/mol. The number of carbonyl (C=O) groups is 1. The van der Waals surface area contributed by atoms with Gasteiger partial charge in [0.25, 0.3) is 0 Å². The fourth-order valence-electron chi connectivity index (χ4n) is 4.18. The number of carboxylic acids is 1. The smallest absolute Gasteiger partial charge is 0.320 e. The second-order valence-corrected chi connectivity index (χ2v) is 6.55. The van der Waals surface area contributed by atoms with Gasteiger partial charge in [-0.15, -0.1) is 0 Å². The summed E-state index contributed by atoms with van der Waals surface area (Å²) in [6.07, 6.45) is 11.7. The van der Waals surface area contributed by atoms with Gasteiger partial charge in [0, 0.05) is 25.8 Å². The minimum Gasteiger partial charge on any atom is -0.480 e. The molecule has 3 rings (SSSR count). The molecule has 2 heterocycles. The van der Waals surface area contributed by atoms with Crippen LogP contribution in [0.2, 0.25) is 0 Å². The molecule has 3 unspecified atom stereocenters. The van der Waals surface area contributed by atoms with E-state index in [-0.39, 0.29) is 6.04 Å². The summed E-state index contributed by atoms with van der Waals surface area (Å²) in [5.74, 6) is 0.0634. The van der Waals surface area contributed by atoms with Crippen molar-refractivity contribution in [2.75, 3.05) is 6.54 Å². The van der Waals surface area contributed by atoms with E-state index >= 15 is 0 Å². The molecule has 0 radical (unpaired) electrons. The molecule has 21 heavy (non-hydrogen) atoms. The summed E-state index contributed by atoms with van der Waals surface area (Å²) in [6, 6.07) is 0.186. The molecule has 1 aliphatic carbocycles. The summed E-state index contributed by atoms with van der Waals surface area (Å²) in [5, 5.41) is 13.7. The van der Waals surface area contributed by atoms with Crippen molar-refractivity contribution in [2.45, 2.75) is 57.0 Å². The summed E-state index contributed by atoms with van der Waals surface area (Å²) >= 11 is 0. The van der Waals surface area contributed by atoms with Crippen LogP contribution in [0.1, 0.15) is 44.1 Å². The molecule has 1 N–H and O–H groups in total. The Labute approximate surface area is 125 Å². The summed E-state index contributed by atoms with van der Waals surface area (Å²) in [4.78, 5) is 13.9. The Morgan fingerprint density at radius 3 is 2.86 bits per heavy atom. The Morgan fingerprint density at radius 1 is 1.33 bits per heavy atom. The van der Waals surface area contributed by atoms with E-state index in [1.54, 1.807) is 0 Å². The Balaban J connectivity index is 1.71. The van der Waals surface area contributed by atoms with Crippen LogP contribution in [-0.2, 0) is 18.3 Å². The summed E-state index contributed by atoms with van der Waals surface area (Å²) in [6.45, 7) is 0.837. The predicted octanol–water partition coefficient (Wildman–Crippen LogP) is 2.07. The molecule has 0 bridgehead atoms. The van der Waals surface area contributed by atoms with Gasteiger partial charge < -0.3 is 5.11 Å². The van der Waals surface area contributed by atoms with E-state index < -0.39 is 5.97 Å². The first-order valence-corrected chi connectivity index (χ1v) is 8.11. The number of piperidine rings is 1. The zero-order valence-corrected chi connectivity index (χ0v) is 12.7. The molecule has 0 amide bonds. The highest BCUT2D eigenvalue weighted by Crippen LogP contribution is 2.37. The van der Waals surface area contributed by atoms with Crippen molar-refractivity contribution in [1.82, 2.24) is 14.7 Å². The second-order valence-electron chi connectivity index (χ2n) is 6.55. The number of aryl methyl sites for hydroxylation is 1. The predicted molar refractivity (Wildman–Crippen MR) is 80.0 cm³/mol. The minimum absolute atomic E-state index is 0.291. The lowest BCUT2D eigenvalue weighted by Gasteiger charge is -2.47. The van der Waals surface area contributed by atoms with Gasteiger partial charge in [0.1, 0.15) is 6.04 Å². The third kappa shape index (κ3) is 3.12. The first-order chi connectivity index (χ1) is 10.1. The molecule has 2 aliphatic rings. The first kappa shape index (κ1) is 14.6. The molecule has 1 aliphatic heterocycles. The average Bonchev–Trinajstić information content (AvgIpc) is 2.90. The third-order valence-corrected chi connectivity index (χ3v) is 5.21. The Kier molecular flexibility index (Phi) is 4.29. The van der Waals surface area contributed by atoms with Crippen molar-refractivity contribution in [3.8, 4) is 0 Å². The van der Waals surface area contributed by atoms with Crippen molar-refractivity contribution in [3.63, 3.8) is 0 Å². The molecular formula is C16H25N3O2. The molecule has 1 aromatic heterocycles. The lowest BCUT2D eigenvalue weighted by Crippen LogP contribution is -2.55. The number of likely N-dealkylation sites (tertiary alicyclic amines) is 1. The maximum Gasteiger partial charge on any atom is 0.320 e. The van der Waals surface area contributed by atoms with Gasteiger partial charge in [0.15, 0.2) is 0 Å². The van der Waals surface area contributed by atoms with Crippen LogP contribution in [0.3, 0.4) is 0 Å². The number of hydrogen-bond donors (Lipinski definition) is 1. The van der Waals surface area contributed by atoms with Crippen molar-refractivity contribution in [2.24, 2.45) is 13.0 Å². The van der Waals surface area contributed by atoms with E-state index in [0.717, 1.165) is 25.8 Å². The molecule has 0 spiro atoms. The SMILES string of the molecule is Cn1cc(CCN2C(C(=O)O)CCC3CCCCC32)cn1. The van der Waals surface area contributed by atoms with E-state index in [2.05, 4.69) is 10.00 Å². The maximum atomic E-state index is 11.6. The fraction of sp³-hybridized carbons (Fsp3) is 0.750. The van der Waals surface area contributed by atoms with Crippen LogP contribution in [0.25, 0.3) is 0 Å². The van der Waals surface area contributed by atoms with Gasteiger partial charge in [-0.25, -0.2) is 0 Å². The second kappa shape index (κ2) is 6.18. The van der Waals surface area contributed by atoms with Gasteiger partial charge in [0.05, 0.1) is 6.20 Å². The number of aromatic nitrogens is 2. The Morgan fingerprint density at radius 2 is 2.14 bits per heavy atom. The molecule has 5 heteroatoms. The van der Waals surface area contributed by atoms with E-state index in [0.29, 0.717) is 12.0 Å². The summed E-state index contributed by atoms with van der Waals surface area (Å²) in [7, 11) is 1.92. The van der Waals surface area contributed by atoms with Gasteiger partial charge in [-0.1, -0.05) is 12.8 Å².